The highest BCUT2D eigenvalue weighted by molar-refractivity contribution is 6.21. The Morgan fingerprint density at radius 2 is 1.80 bits per heavy atom. The van der Waals surface area contributed by atoms with Crippen LogP contribution in [0.15, 0.2) is 12.1 Å². The van der Waals surface area contributed by atoms with Crippen molar-refractivity contribution in [2.45, 2.75) is 44.9 Å². The molecular formula is C17H26ClNO. The first-order valence-corrected chi connectivity index (χ1v) is 8.07. The number of hydrogen-bond donors (Lipinski definition) is 0. The van der Waals surface area contributed by atoms with Gasteiger partial charge in [-0.15, -0.1) is 11.6 Å². The number of rotatable bonds is 4. The van der Waals surface area contributed by atoms with Gasteiger partial charge in [-0.2, -0.15) is 0 Å². The van der Waals surface area contributed by atoms with Crippen LogP contribution in [-0.2, 0) is 0 Å². The minimum atomic E-state index is 0.00153. The predicted molar refractivity (Wildman–Crippen MR) is 86.0 cm³/mol. The van der Waals surface area contributed by atoms with Crippen LogP contribution in [0.5, 0.6) is 5.75 Å². The number of likely N-dealkylation sites (tertiary alicyclic amines) is 1. The summed E-state index contributed by atoms with van der Waals surface area (Å²) in [5, 5.41) is 0.00153. The van der Waals surface area contributed by atoms with Crippen LogP contribution in [0, 0.1) is 13.8 Å². The SMILES string of the molecule is COc1c(C)cc(C)cc1C(Cl)CN1CCCCCC1. The molecule has 0 amide bonds. The molecule has 0 N–H and O–H groups in total. The van der Waals surface area contributed by atoms with Crippen LogP contribution in [0.1, 0.15) is 47.8 Å². The largest absolute Gasteiger partial charge is 0.496 e. The van der Waals surface area contributed by atoms with Crippen molar-refractivity contribution in [2.75, 3.05) is 26.7 Å². The number of benzene rings is 1. The van der Waals surface area contributed by atoms with E-state index in [9.17, 15) is 0 Å². The smallest absolute Gasteiger partial charge is 0.126 e. The van der Waals surface area contributed by atoms with Gasteiger partial charge in [0, 0.05) is 12.1 Å². The van der Waals surface area contributed by atoms with Crippen molar-refractivity contribution >= 4 is 11.6 Å². The molecule has 1 saturated heterocycles. The highest BCUT2D eigenvalue weighted by Gasteiger charge is 2.19. The van der Waals surface area contributed by atoms with E-state index in [1.807, 2.05) is 0 Å². The molecule has 0 aromatic heterocycles. The van der Waals surface area contributed by atoms with Crippen LogP contribution in [0.2, 0.25) is 0 Å². The minimum Gasteiger partial charge on any atom is -0.496 e. The van der Waals surface area contributed by atoms with Crippen molar-refractivity contribution in [3.63, 3.8) is 0 Å². The summed E-state index contributed by atoms with van der Waals surface area (Å²) in [4.78, 5) is 2.50. The Labute approximate surface area is 128 Å². The van der Waals surface area contributed by atoms with Crippen molar-refractivity contribution in [1.29, 1.82) is 0 Å². The highest BCUT2D eigenvalue weighted by atomic mass is 35.5. The summed E-state index contributed by atoms with van der Waals surface area (Å²) in [5.41, 5.74) is 3.56. The van der Waals surface area contributed by atoms with Crippen molar-refractivity contribution in [1.82, 2.24) is 4.90 Å². The summed E-state index contributed by atoms with van der Waals surface area (Å²) < 4.78 is 5.56. The molecule has 0 saturated carbocycles. The zero-order valence-electron chi connectivity index (χ0n) is 12.9. The average Bonchev–Trinajstić information content (AvgIpc) is 2.66. The van der Waals surface area contributed by atoms with Gasteiger partial charge in [-0.1, -0.05) is 30.5 Å². The van der Waals surface area contributed by atoms with Gasteiger partial charge in [-0.25, -0.2) is 0 Å². The fraction of sp³-hybridized carbons (Fsp3) is 0.647. The molecule has 1 aliphatic heterocycles. The lowest BCUT2D eigenvalue weighted by molar-refractivity contribution is 0.283. The fourth-order valence-corrected chi connectivity index (χ4v) is 3.50. The molecule has 0 bridgehead atoms. The van der Waals surface area contributed by atoms with Gasteiger partial charge in [0.25, 0.3) is 0 Å². The molecule has 2 rings (SSSR count). The van der Waals surface area contributed by atoms with Crippen molar-refractivity contribution in [3.05, 3.63) is 28.8 Å². The van der Waals surface area contributed by atoms with Gasteiger partial charge in [0.1, 0.15) is 5.75 Å². The number of methoxy groups -OCH3 is 1. The highest BCUT2D eigenvalue weighted by Crippen LogP contribution is 2.34. The molecule has 2 nitrogen and oxygen atoms in total. The number of ether oxygens (including phenoxy) is 1. The molecule has 0 spiro atoms. The third kappa shape index (κ3) is 3.89. The van der Waals surface area contributed by atoms with Crippen LogP contribution in [0.4, 0.5) is 0 Å². The van der Waals surface area contributed by atoms with Crippen molar-refractivity contribution in [2.24, 2.45) is 0 Å². The maximum absolute atomic E-state index is 6.70. The summed E-state index contributed by atoms with van der Waals surface area (Å²) in [6, 6.07) is 4.32. The molecule has 0 radical (unpaired) electrons. The van der Waals surface area contributed by atoms with E-state index in [2.05, 4.69) is 30.9 Å². The van der Waals surface area contributed by atoms with E-state index in [-0.39, 0.29) is 5.38 Å². The van der Waals surface area contributed by atoms with Gasteiger partial charge >= 0.3 is 0 Å². The molecule has 1 fully saturated rings. The summed E-state index contributed by atoms with van der Waals surface area (Å²) in [6.45, 7) is 7.48. The summed E-state index contributed by atoms with van der Waals surface area (Å²) in [5.74, 6) is 0.949. The fourth-order valence-electron chi connectivity index (χ4n) is 3.14. The van der Waals surface area contributed by atoms with Crippen LogP contribution >= 0.6 is 11.6 Å². The molecular weight excluding hydrogens is 270 g/mol. The molecule has 0 aliphatic carbocycles. The van der Waals surface area contributed by atoms with Crippen molar-refractivity contribution in [3.8, 4) is 5.75 Å². The van der Waals surface area contributed by atoms with E-state index >= 15 is 0 Å². The number of hydrogen-bond acceptors (Lipinski definition) is 2. The van der Waals surface area contributed by atoms with Crippen LogP contribution < -0.4 is 4.74 Å². The second-order valence-corrected chi connectivity index (χ2v) is 6.41. The monoisotopic (exact) mass is 295 g/mol. The molecule has 1 aromatic rings. The minimum absolute atomic E-state index is 0.00153. The Morgan fingerprint density at radius 1 is 1.15 bits per heavy atom. The van der Waals surface area contributed by atoms with Gasteiger partial charge < -0.3 is 9.64 Å². The molecule has 3 heteroatoms. The molecule has 1 heterocycles. The zero-order chi connectivity index (χ0) is 14.5. The van der Waals surface area contributed by atoms with E-state index in [1.165, 1.54) is 49.9 Å². The third-order valence-electron chi connectivity index (χ3n) is 4.11. The van der Waals surface area contributed by atoms with Gasteiger partial charge in [0.15, 0.2) is 0 Å². The maximum atomic E-state index is 6.70. The van der Waals surface area contributed by atoms with Gasteiger partial charge in [0.2, 0.25) is 0 Å². The quantitative estimate of drug-likeness (QED) is 0.760. The molecule has 1 aliphatic rings. The molecule has 112 valence electrons. The lowest BCUT2D eigenvalue weighted by atomic mass is 10.0. The average molecular weight is 296 g/mol. The number of aryl methyl sites for hydroxylation is 2. The molecule has 1 atom stereocenters. The second kappa shape index (κ2) is 7.33. The first-order valence-electron chi connectivity index (χ1n) is 7.63. The summed E-state index contributed by atoms with van der Waals surface area (Å²) in [6.07, 6.45) is 5.31. The Bertz CT molecular complexity index is 439. The molecule has 1 unspecified atom stereocenters. The molecule has 20 heavy (non-hydrogen) atoms. The maximum Gasteiger partial charge on any atom is 0.126 e. The standard InChI is InChI=1S/C17H26ClNO/c1-13-10-14(2)17(20-3)15(11-13)16(18)12-19-8-6-4-5-7-9-19/h10-11,16H,4-9,12H2,1-3H3. The first kappa shape index (κ1) is 15.7. The second-order valence-electron chi connectivity index (χ2n) is 5.89. The van der Waals surface area contributed by atoms with E-state index in [0.717, 1.165) is 17.9 Å². The predicted octanol–water partition coefficient (Wildman–Crippen LogP) is 4.47. The number of alkyl halides is 1. The van der Waals surface area contributed by atoms with Gasteiger partial charge in [0.05, 0.1) is 12.5 Å². The van der Waals surface area contributed by atoms with Crippen LogP contribution in [0.25, 0.3) is 0 Å². The van der Waals surface area contributed by atoms with Gasteiger partial charge in [-0.3, -0.25) is 0 Å². The number of nitrogens with zero attached hydrogens (tertiary/aromatic N) is 1. The number of halogens is 1. The van der Waals surface area contributed by atoms with E-state index in [1.54, 1.807) is 7.11 Å². The lowest BCUT2D eigenvalue weighted by Gasteiger charge is -2.24. The summed E-state index contributed by atoms with van der Waals surface area (Å²) >= 11 is 6.70. The van der Waals surface area contributed by atoms with Crippen LogP contribution in [0.3, 0.4) is 0 Å². The lowest BCUT2D eigenvalue weighted by Crippen LogP contribution is -2.28. The summed E-state index contributed by atoms with van der Waals surface area (Å²) in [7, 11) is 1.73. The van der Waals surface area contributed by atoms with E-state index in [4.69, 9.17) is 16.3 Å². The van der Waals surface area contributed by atoms with E-state index in [0.29, 0.717) is 0 Å². The Balaban J connectivity index is 2.13. The topological polar surface area (TPSA) is 12.5 Å². The first-order chi connectivity index (χ1) is 9.61. The Morgan fingerprint density at radius 3 is 2.40 bits per heavy atom. The van der Waals surface area contributed by atoms with Crippen molar-refractivity contribution < 1.29 is 4.74 Å². The van der Waals surface area contributed by atoms with E-state index < -0.39 is 0 Å². The normalized spacial score (nSPS) is 18.6. The Kier molecular flexibility index (Phi) is 5.74. The Hall–Kier alpha value is -0.730. The molecule has 1 aromatic carbocycles. The van der Waals surface area contributed by atoms with Crippen LogP contribution in [-0.4, -0.2) is 31.6 Å². The third-order valence-corrected chi connectivity index (χ3v) is 4.48. The van der Waals surface area contributed by atoms with Gasteiger partial charge in [-0.05, 0) is 45.3 Å². The zero-order valence-corrected chi connectivity index (χ0v) is 13.7.